The number of benzene rings is 2. The van der Waals surface area contributed by atoms with Crippen molar-refractivity contribution < 1.29 is 28.7 Å². The van der Waals surface area contributed by atoms with E-state index in [1.807, 2.05) is 106 Å². The van der Waals surface area contributed by atoms with Crippen molar-refractivity contribution in [3.05, 3.63) is 144 Å². The van der Waals surface area contributed by atoms with Gasteiger partial charge in [0.15, 0.2) is 0 Å². The number of pyridine rings is 2. The van der Waals surface area contributed by atoms with Crippen molar-refractivity contribution in [3.63, 3.8) is 0 Å². The van der Waals surface area contributed by atoms with Gasteiger partial charge in [0, 0.05) is 68.7 Å². The second-order valence-corrected chi connectivity index (χ2v) is 18.0. The summed E-state index contributed by atoms with van der Waals surface area (Å²) in [4.78, 5) is 73.9. The SMILES string of the molecule is C[C@H](NC(=O)[C@@H]1CC[C@@H](c2ccccc2)C1)C(=O)NCc1ccc2nccn2c1.C[C@H](NC(=O)[C@H]1C[C@H](c2ccccc2)CN1C(=O)OC(C)(C)C)C(=O)NCc1ccc2nccn2c1. The zero-order valence-corrected chi connectivity index (χ0v) is 37.6. The Morgan fingerprint density at radius 3 is 1.69 bits per heavy atom. The molecule has 65 heavy (non-hydrogen) atoms. The predicted molar refractivity (Wildman–Crippen MR) is 246 cm³/mol. The van der Waals surface area contributed by atoms with Gasteiger partial charge in [-0.2, -0.15) is 0 Å². The maximum atomic E-state index is 13.3. The van der Waals surface area contributed by atoms with Crippen molar-refractivity contribution in [3.8, 4) is 0 Å². The summed E-state index contributed by atoms with van der Waals surface area (Å²) in [6.07, 6.45) is 13.6. The number of carbonyl (C=O) groups excluding carboxylic acids is 5. The number of imidazole rings is 2. The van der Waals surface area contributed by atoms with Crippen molar-refractivity contribution in [1.29, 1.82) is 0 Å². The van der Waals surface area contributed by atoms with Crippen LogP contribution in [0.4, 0.5) is 4.79 Å². The van der Waals surface area contributed by atoms with Crippen LogP contribution >= 0.6 is 0 Å². The zero-order chi connectivity index (χ0) is 46.1. The Bertz CT molecular complexity index is 2590. The smallest absolute Gasteiger partial charge is 0.410 e. The number of amides is 5. The van der Waals surface area contributed by atoms with Gasteiger partial charge in [0.1, 0.15) is 35.0 Å². The number of hydrogen-bond donors (Lipinski definition) is 4. The van der Waals surface area contributed by atoms with E-state index < -0.39 is 29.8 Å². The molecule has 15 heteroatoms. The van der Waals surface area contributed by atoms with Gasteiger partial charge in [0.05, 0.1) is 0 Å². The summed E-state index contributed by atoms with van der Waals surface area (Å²) in [5.74, 6) is -0.491. The Balaban J connectivity index is 0.000000198. The molecule has 5 heterocycles. The molecule has 0 radical (unpaired) electrons. The minimum Gasteiger partial charge on any atom is -0.444 e. The van der Waals surface area contributed by atoms with Gasteiger partial charge in [0.25, 0.3) is 0 Å². The lowest BCUT2D eigenvalue weighted by Gasteiger charge is -2.28. The van der Waals surface area contributed by atoms with Crippen molar-refractivity contribution in [2.45, 2.75) is 109 Å². The molecule has 2 aliphatic rings. The third-order valence-corrected chi connectivity index (χ3v) is 11.9. The molecule has 0 unspecified atom stereocenters. The first kappa shape index (κ1) is 46.0. The Kier molecular flexibility index (Phi) is 14.6. The van der Waals surface area contributed by atoms with E-state index in [-0.39, 0.29) is 35.5 Å². The summed E-state index contributed by atoms with van der Waals surface area (Å²) in [7, 11) is 0. The number of aromatic nitrogens is 4. The Morgan fingerprint density at radius 1 is 0.662 bits per heavy atom. The predicted octanol–water partition coefficient (Wildman–Crippen LogP) is 6.29. The van der Waals surface area contributed by atoms with Gasteiger partial charge in [-0.1, -0.05) is 72.8 Å². The average Bonchev–Trinajstić information content (AvgIpc) is 4.14. The molecular weight excluding hydrogens is 823 g/mol. The Morgan fingerprint density at radius 2 is 1.17 bits per heavy atom. The number of nitrogens with zero attached hydrogens (tertiary/aromatic N) is 5. The fourth-order valence-corrected chi connectivity index (χ4v) is 8.42. The molecule has 0 bridgehead atoms. The molecule has 340 valence electrons. The molecule has 4 aromatic heterocycles. The van der Waals surface area contributed by atoms with Crippen molar-refractivity contribution in [2.75, 3.05) is 6.54 Å². The van der Waals surface area contributed by atoms with E-state index in [2.05, 4.69) is 43.4 Å². The summed E-state index contributed by atoms with van der Waals surface area (Å²) >= 11 is 0. The Labute approximate surface area is 379 Å². The normalized spacial score (nSPS) is 19.1. The minimum atomic E-state index is -0.772. The van der Waals surface area contributed by atoms with Crippen LogP contribution in [-0.2, 0) is 37.0 Å². The molecule has 1 aliphatic heterocycles. The monoisotopic (exact) mass is 881 g/mol. The molecular formula is C50H59N9O6. The van der Waals surface area contributed by atoms with Crippen LogP contribution < -0.4 is 21.3 Å². The molecule has 6 atom stereocenters. The van der Waals surface area contributed by atoms with E-state index in [4.69, 9.17) is 4.74 Å². The van der Waals surface area contributed by atoms with E-state index >= 15 is 0 Å². The largest absolute Gasteiger partial charge is 0.444 e. The highest BCUT2D eigenvalue weighted by atomic mass is 16.6. The van der Waals surface area contributed by atoms with Gasteiger partial charge in [-0.3, -0.25) is 24.1 Å². The maximum Gasteiger partial charge on any atom is 0.410 e. The number of hydrogen-bond acceptors (Lipinski definition) is 8. The highest BCUT2D eigenvalue weighted by Gasteiger charge is 2.42. The van der Waals surface area contributed by atoms with Gasteiger partial charge in [-0.15, -0.1) is 0 Å². The van der Waals surface area contributed by atoms with E-state index in [0.717, 1.165) is 47.2 Å². The lowest BCUT2D eigenvalue weighted by atomic mass is 9.96. The van der Waals surface area contributed by atoms with Crippen LogP contribution in [0.2, 0.25) is 0 Å². The Hall–Kier alpha value is -7.03. The first-order chi connectivity index (χ1) is 31.2. The first-order valence-electron chi connectivity index (χ1n) is 22.3. The first-order valence-corrected chi connectivity index (χ1v) is 22.3. The third-order valence-electron chi connectivity index (χ3n) is 11.9. The van der Waals surface area contributed by atoms with Crippen LogP contribution in [0.1, 0.15) is 94.4 Å². The molecule has 6 aromatic rings. The highest BCUT2D eigenvalue weighted by molar-refractivity contribution is 5.91. The van der Waals surface area contributed by atoms with Crippen LogP contribution in [0.5, 0.6) is 0 Å². The topological polar surface area (TPSA) is 181 Å². The summed E-state index contributed by atoms with van der Waals surface area (Å²) in [5.41, 5.74) is 5.24. The number of carbonyl (C=O) groups is 5. The molecule has 5 amide bonds. The molecule has 2 fully saturated rings. The molecule has 1 saturated carbocycles. The summed E-state index contributed by atoms with van der Waals surface area (Å²) in [5, 5.41) is 11.4. The van der Waals surface area contributed by atoms with Crippen LogP contribution in [0, 0.1) is 5.92 Å². The van der Waals surface area contributed by atoms with E-state index in [1.54, 1.807) is 47.0 Å². The second kappa shape index (κ2) is 20.6. The van der Waals surface area contributed by atoms with Crippen LogP contribution in [0.15, 0.2) is 122 Å². The van der Waals surface area contributed by atoms with Crippen LogP contribution in [0.25, 0.3) is 11.3 Å². The number of rotatable bonds is 12. The second-order valence-electron chi connectivity index (χ2n) is 18.0. The van der Waals surface area contributed by atoms with Crippen LogP contribution in [0.3, 0.4) is 0 Å². The maximum absolute atomic E-state index is 13.3. The number of likely N-dealkylation sites (tertiary alicyclic amines) is 1. The van der Waals surface area contributed by atoms with Crippen molar-refractivity contribution >= 4 is 41.0 Å². The average molecular weight is 882 g/mol. The molecule has 2 aromatic carbocycles. The summed E-state index contributed by atoms with van der Waals surface area (Å²) < 4.78 is 9.36. The van der Waals surface area contributed by atoms with Crippen molar-refractivity contribution in [1.82, 2.24) is 44.9 Å². The quantitative estimate of drug-likeness (QED) is 0.111. The number of nitrogens with one attached hydrogen (secondary N) is 4. The molecule has 1 saturated heterocycles. The lowest BCUT2D eigenvalue weighted by Crippen LogP contribution is -2.52. The van der Waals surface area contributed by atoms with E-state index in [9.17, 15) is 24.0 Å². The fourth-order valence-electron chi connectivity index (χ4n) is 8.42. The number of fused-ring (bicyclic) bond motifs is 2. The van der Waals surface area contributed by atoms with E-state index in [0.29, 0.717) is 32.0 Å². The lowest BCUT2D eigenvalue weighted by molar-refractivity contribution is -0.131. The van der Waals surface area contributed by atoms with Gasteiger partial charge >= 0.3 is 6.09 Å². The van der Waals surface area contributed by atoms with Crippen molar-refractivity contribution in [2.24, 2.45) is 5.92 Å². The summed E-state index contributed by atoms with van der Waals surface area (Å²) in [6, 6.07) is 25.7. The minimum absolute atomic E-state index is 0.00306. The molecule has 8 rings (SSSR count). The molecule has 1 aliphatic carbocycles. The number of ether oxygens (including phenoxy) is 1. The van der Waals surface area contributed by atoms with Gasteiger partial charge < -0.3 is 34.8 Å². The highest BCUT2D eigenvalue weighted by Crippen LogP contribution is 2.38. The van der Waals surface area contributed by atoms with E-state index in [1.165, 1.54) is 10.5 Å². The molecule has 15 nitrogen and oxygen atoms in total. The van der Waals surface area contributed by atoms with Gasteiger partial charge in [-0.25, -0.2) is 14.8 Å². The third kappa shape index (κ3) is 12.2. The fraction of sp³-hybridized carbons (Fsp3) is 0.380. The van der Waals surface area contributed by atoms with Gasteiger partial charge in [-0.05, 0) is 101 Å². The van der Waals surface area contributed by atoms with Crippen LogP contribution in [-0.4, -0.2) is 83.7 Å². The molecule has 0 spiro atoms. The zero-order valence-electron chi connectivity index (χ0n) is 37.6. The summed E-state index contributed by atoms with van der Waals surface area (Å²) in [6.45, 7) is 9.84. The standard InChI is InChI=1S/C27H33N5O4.C23H26N4O2/c1-18(24(33)29-15-19-10-11-23-28-12-13-31(23)16-19)30-25(34)22-14-21(20-8-6-5-7-9-20)17-32(22)26(35)36-27(2,3)4;1-16(22(28)25-14-17-7-10-21-24-11-12-27(21)15-17)26-23(29)20-9-8-19(13-20)18-5-3-2-4-6-18/h5-13,16,18,21-22H,14-15,17H2,1-4H3,(H,29,33)(H,30,34);2-7,10-12,15-16,19-20H,8-9,13-14H2,1H3,(H,25,28)(H,26,29)/t18-,21-,22+;16-,19+,20+/m00/s1. The van der Waals surface area contributed by atoms with Gasteiger partial charge in [0.2, 0.25) is 23.6 Å². The molecule has 4 N–H and O–H groups in total.